The lowest BCUT2D eigenvalue weighted by Gasteiger charge is -2.16. The summed E-state index contributed by atoms with van der Waals surface area (Å²) < 4.78 is 5.72. The monoisotopic (exact) mass is 550 g/mol. The van der Waals surface area contributed by atoms with Crippen LogP contribution in [0.2, 0.25) is 0 Å². The molecule has 1 fully saturated rings. The fraction of sp³-hybridized carbons (Fsp3) is 0.440. The van der Waals surface area contributed by atoms with Gasteiger partial charge in [-0.2, -0.15) is 0 Å². The highest BCUT2D eigenvalue weighted by Crippen LogP contribution is 2.18. The molecular weight excluding hydrogens is 515 g/mol. The van der Waals surface area contributed by atoms with E-state index in [0.29, 0.717) is 32.7 Å². The van der Waals surface area contributed by atoms with E-state index >= 15 is 0 Å². The van der Waals surface area contributed by atoms with Crippen LogP contribution in [0.25, 0.3) is 0 Å². The molecule has 1 saturated heterocycles. The Morgan fingerprint density at radius 1 is 1.06 bits per heavy atom. The quantitative estimate of drug-likeness (QED) is 0.195. The van der Waals surface area contributed by atoms with Gasteiger partial charge in [0.25, 0.3) is 0 Å². The van der Waals surface area contributed by atoms with E-state index in [2.05, 4.69) is 34.9 Å². The smallest absolute Gasteiger partial charge is 0.223 e. The van der Waals surface area contributed by atoms with Gasteiger partial charge in [-0.3, -0.25) is 9.79 Å². The normalized spacial score (nSPS) is 16.0. The average molecular weight is 550 g/mol. The number of benzene rings is 2. The zero-order valence-electron chi connectivity index (χ0n) is 18.8. The predicted octanol–water partition coefficient (Wildman–Crippen LogP) is 3.47. The van der Waals surface area contributed by atoms with Crippen LogP contribution in [0.1, 0.15) is 24.5 Å². The van der Waals surface area contributed by atoms with E-state index < -0.39 is 0 Å². The number of hydrogen-bond acceptors (Lipinski definition) is 3. The van der Waals surface area contributed by atoms with Crippen molar-refractivity contribution in [2.24, 2.45) is 10.9 Å². The van der Waals surface area contributed by atoms with Crippen molar-refractivity contribution in [3.05, 3.63) is 71.8 Å². The first-order valence-corrected chi connectivity index (χ1v) is 11.2. The van der Waals surface area contributed by atoms with Gasteiger partial charge in [0.05, 0.1) is 13.2 Å². The maximum atomic E-state index is 12.4. The van der Waals surface area contributed by atoms with Gasteiger partial charge in [0.15, 0.2) is 5.96 Å². The Labute approximate surface area is 208 Å². The number of guanidine groups is 1. The van der Waals surface area contributed by atoms with Gasteiger partial charge < -0.3 is 20.3 Å². The first-order valence-electron chi connectivity index (χ1n) is 11.2. The summed E-state index contributed by atoms with van der Waals surface area (Å²) in [5.41, 5.74) is 2.44. The number of nitrogens with zero attached hydrogens (tertiary/aromatic N) is 2. The summed E-state index contributed by atoms with van der Waals surface area (Å²) in [4.78, 5) is 19.0. The van der Waals surface area contributed by atoms with Gasteiger partial charge >= 0.3 is 0 Å². The van der Waals surface area contributed by atoms with Gasteiger partial charge in [0, 0.05) is 45.1 Å². The number of nitrogens with one attached hydrogen (secondary N) is 2. The Bertz CT molecular complexity index is 817. The van der Waals surface area contributed by atoms with Crippen molar-refractivity contribution in [2.45, 2.75) is 26.4 Å². The molecule has 2 aromatic carbocycles. The van der Waals surface area contributed by atoms with Gasteiger partial charge in [-0.25, -0.2) is 0 Å². The fourth-order valence-electron chi connectivity index (χ4n) is 3.67. The summed E-state index contributed by atoms with van der Waals surface area (Å²) in [7, 11) is 0. The number of likely N-dealkylation sites (tertiary alicyclic amines) is 1. The van der Waals surface area contributed by atoms with Crippen LogP contribution in [0, 0.1) is 5.92 Å². The fourth-order valence-corrected chi connectivity index (χ4v) is 3.67. The molecule has 7 heteroatoms. The molecule has 1 aliphatic heterocycles. The number of carbonyl (C=O) groups excluding carboxylic acids is 1. The van der Waals surface area contributed by atoms with E-state index in [9.17, 15) is 4.79 Å². The topological polar surface area (TPSA) is 66.0 Å². The Kier molecular flexibility index (Phi) is 12.1. The van der Waals surface area contributed by atoms with E-state index in [1.165, 1.54) is 11.1 Å². The Hall–Kier alpha value is -2.13. The third-order valence-electron chi connectivity index (χ3n) is 5.31. The average Bonchev–Trinajstić information content (AvgIpc) is 3.16. The third-order valence-corrected chi connectivity index (χ3v) is 5.31. The standard InChI is InChI=1S/C25H34N4O2.HI/c1-2-26-25(27-14-16-31-20-22-11-7-4-8-12-22)28-18-23-17-24(30)29(19-23)15-13-21-9-5-3-6-10-21;/h3-12,23H,2,13-20H2,1H3,(H2,26,27,28);1H. The minimum absolute atomic E-state index is 0. The van der Waals surface area contributed by atoms with Gasteiger partial charge in [0.1, 0.15) is 0 Å². The van der Waals surface area contributed by atoms with Crippen LogP contribution in [0.15, 0.2) is 65.7 Å². The molecule has 32 heavy (non-hydrogen) atoms. The highest BCUT2D eigenvalue weighted by molar-refractivity contribution is 14.0. The van der Waals surface area contributed by atoms with Gasteiger partial charge in [0.2, 0.25) is 5.91 Å². The van der Waals surface area contributed by atoms with Crippen molar-refractivity contribution in [3.8, 4) is 0 Å². The Morgan fingerprint density at radius 2 is 1.75 bits per heavy atom. The van der Waals surface area contributed by atoms with Crippen molar-refractivity contribution in [2.75, 3.05) is 39.3 Å². The maximum absolute atomic E-state index is 12.4. The van der Waals surface area contributed by atoms with E-state index in [1.807, 2.05) is 48.2 Å². The summed E-state index contributed by atoms with van der Waals surface area (Å²) in [6.07, 6.45) is 1.48. The molecule has 174 valence electrons. The Balaban J connectivity index is 0.00000363. The molecule has 0 radical (unpaired) electrons. The second kappa shape index (κ2) is 14.8. The van der Waals surface area contributed by atoms with Crippen molar-refractivity contribution >= 4 is 35.8 Å². The minimum atomic E-state index is 0. The molecule has 6 nitrogen and oxygen atoms in total. The van der Waals surface area contributed by atoms with Gasteiger partial charge in [-0.05, 0) is 24.5 Å². The predicted molar refractivity (Wildman–Crippen MR) is 140 cm³/mol. The molecule has 0 bridgehead atoms. The van der Waals surface area contributed by atoms with Crippen molar-refractivity contribution < 1.29 is 9.53 Å². The van der Waals surface area contributed by atoms with Crippen molar-refractivity contribution in [1.82, 2.24) is 15.5 Å². The van der Waals surface area contributed by atoms with Crippen LogP contribution in [0.4, 0.5) is 0 Å². The molecule has 3 rings (SSSR count). The summed E-state index contributed by atoms with van der Waals surface area (Å²) >= 11 is 0. The van der Waals surface area contributed by atoms with E-state index in [-0.39, 0.29) is 35.8 Å². The summed E-state index contributed by atoms with van der Waals surface area (Å²) in [6, 6.07) is 20.5. The zero-order chi connectivity index (χ0) is 21.7. The summed E-state index contributed by atoms with van der Waals surface area (Å²) in [6.45, 7) is 6.96. The molecular formula is C25H35IN4O2. The maximum Gasteiger partial charge on any atom is 0.223 e. The molecule has 0 saturated carbocycles. The zero-order valence-corrected chi connectivity index (χ0v) is 21.2. The van der Waals surface area contributed by atoms with Crippen LogP contribution in [-0.2, 0) is 22.6 Å². The number of amides is 1. The molecule has 0 aromatic heterocycles. The van der Waals surface area contributed by atoms with Crippen LogP contribution >= 0.6 is 24.0 Å². The largest absolute Gasteiger partial charge is 0.375 e. The van der Waals surface area contributed by atoms with Crippen molar-refractivity contribution in [1.29, 1.82) is 0 Å². The van der Waals surface area contributed by atoms with Crippen LogP contribution in [-0.4, -0.2) is 56.1 Å². The molecule has 1 atom stereocenters. The van der Waals surface area contributed by atoms with E-state index in [4.69, 9.17) is 9.73 Å². The number of ether oxygens (including phenoxy) is 1. The number of hydrogen-bond donors (Lipinski definition) is 2. The van der Waals surface area contributed by atoms with Gasteiger partial charge in [-0.1, -0.05) is 60.7 Å². The molecule has 0 aliphatic carbocycles. The van der Waals surface area contributed by atoms with E-state index in [0.717, 1.165) is 32.0 Å². The molecule has 2 N–H and O–H groups in total. The molecule has 0 spiro atoms. The molecule has 1 aliphatic rings. The third kappa shape index (κ3) is 9.16. The van der Waals surface area contributed by atoms with Crippen LogP contribution < -0.4 is 10.6 Å². The van der Waals surface area contributed by atoms with Crippen LogP contribution in [0.3, 0.4) is 0 Å². The molecule has 1 unspecified atom stereocenters. The molecule has 1 amide bonds. The second-order valence-electron chi connectivity index (χ2n) is 7.83. The Morgan fingerprint density at radius 3 is 2.44 bits per heavy atom. The number of carbonyl (C=O) groups is 1. The number of halogens is 1. The number of rotatable bonds is 11. The molecule has 1 heterocycles. The summed E-state index contributed by atoms with van der Waals surface area (Å²) in [5, 5.41) is 6.58. The highest BCUT2D eigenvalue weighted by Gasteiger charge is 2.28. The van der Waals surface area contributed by atoms with E-state index in [1.54, 1.807) is 0 Å². The molecule has 2 aromatic rings. The first kappa shape index (κ1) is 26.1. The lowest BCUT2D eigenvalue weighted by atomic mass is 10.1. The minimum Gasteiger partial charge on any atom is -0.375 e. The first-order chi connectivity index (χ1) is 15.2. The lowest BCUT2D eigenvalue weighted by Crippen LogP contribution is -2.39. The second-order valence-corrected chi connectivity index (χ2v) is 7.83. The highest BCUT2D eigenvalue weighted by atomic mass is 127. The lowest BCUT2D eigenvalue weighted by molar-refractivity contribution is -0.127. The number of aliphatic imine (C=N–C) groups is 1. The van der Waals surface area contributed by atoms with Crippen LogP contribution in [0.5, 0.6) is 0 Å². The SMILES string of the molecule is CCNC(=NCC1CC(=O)N(CCc2ccccc2)C1)NCCOCc1ccccc1.I. The summed E-state index contributed by atoms with van der Waals surface area (Å²) in [5.74, 6) is 1.29. The van der Waals surface area contributed by atoms with Gasteiger partial charge in [-0.15, -0.1) is 24.0 Å². The van der Waals surface area contributed by atoms with Crippen molar-refractivity contribution in [3.63, 3.8) is 0 Å².